The molecule has 2 heterocycles. The minimum atomic E-state index is 0.0664. The van der Waals surface area contributed by atoms with E-state index in [-0.39, 0.29) is 23.6 Å². The van der Waals surface area contributed by atoms with Crippen molar-refractivity contribution >= 4 is 0 Å². The zero-order valence-electron chi connectivity index (χ0n) is 26.4. The number of phenols is 2. The molecular formula is C36H40N2O7. The van der Waals surface area contributed by atoms with Gasteiger partial charge in [0.25, 0.3) is 0 Å². The quantitative estimate of drug-likeness (QED) is 0.227. The number of phenolic OH excluding ortho intramolecular Hbond substituents is 2. The predicted octanol–water partition coefficient (Wildman–Crippen LogP) is 6.25. The fraction of sp³-hybridized carbons (Fsp3) is 0.333. The summed E-state index contributed by atoms with van der Waals surface area (Å²) in [6.07, 6.45) is 2.35. The largest absolute Gasteiger partial charge is 0.504 e. The molecule has 0 amide bonds. The fourth-order valence-corrected chi connectivity index (χ4v) is 6.33. The number of fused-ring (bicyclic) bond motifs is 2. The molecule has 4 aromatic rings. The third kappa shape index (κ3) is 6.18. The summed E-state index contributed by atoms with van der Waals surface area (Å²) in [4.78, 5) is 4.46. The number of aromatic hydroxyl groups is 2. The van der Waals surface area contributed by atoms with Gasteiger partial charge in [-0.25, -0.2) is 0 Å². The fourth-order valence-electron chi connectivity index (χ4n) is 6.33. The molecule has 0 radical (unpaired) electrons. The van der Waals surface area contributed by atoms with Gasteiger partial charge in [0.05, 0.1) is 21.3 Å². The Kier molecular flexibility index (Phi) is 8.65. The van der Waals surface area contributed by atoms with Crippen molar-refractivity contribution in [2.75, 3.05) is 48.7 Å². The van der Waals surface area contributed by atoms with Crippen LogP contribution >= 0.6 is 0 Å². The van der Waals surface area contributed by atoms with Crippen LogP contribution in [0, 0.1) is 0 Å². The van der Waals surface area contributed by atoms with Crippen molar-refractivity contribution in [2.24, 2.45) is 0 Å². The van der Waals surface area contributed by atoms with Crippen LogP contribution in [0.25, 0.3) is 0 Å². The van der Waals surface area contributed by atoms with Crippen LogP contribution in [0.15, 0.2) is 66.7 Å². The third-order valence-corrected chi connectivity index (χ3v) is 8.93. The highest BCUT2D eigenvalue weighted by molar-refractivity contribution is 5.53. The second-order valence-corrected chi connectivity index (χ2v) is 11.7. The molecular weight excluding hydrogens is 572 g/mol. The number of benzene rings is 4. The Morgan fingerprint density at radius 1 is 0.689 bits per heavy atom. The monoisotopic (exact) mass is 612 g/mol. The highest BCUT2D eigenvalue weighted by Crippen LogP contribution is 2.43. The summed E-state index contributed by atoms with van der Waals surface area (Å²) in [6, 6.07) is 21.2. The van der Waals surface area contributed by atoms with Crippen LogP contribution in [0.2, 0.25) is 0 Å². The number of ether oxygens (including phenoxy) is 5. The van der Waals surface area contributed by atoms with Gasteiger partial charge in [0, 0.05) is 30.3 Å². The molecule has 6 rings (SSSR count). The maximum atomic E-state index is 10.7. The van der Waals surface area contributed by atoms with Gasteiger partial charge >= 0.3 is 0 Å². The van der Waals surface area contributed by atoms with Gasteiger partial charge in [-0.15, -0.1) is 0 Å². The summed E-state index contributed by atoms with van der Waals surface area (Å²) >= 11 is 0. The Labute approximate surface area is 264 Å². The molecule has 236 valence electrons. The molecule has 0 saturated carbocycles. The Hall–Kier alpha value is -4.60. The van der Waals surface area contributed by atoms with Crippen LogP contribution in [0.4, 0.5) is 0 Å². The van der Waals surface area contributed by atoms with Crippen LogP contribution in [-0.4, -0.2) is 68.7 Å². The Balaban J connectivity index is 1.18. The third-order valence-electron chi connectivity index (χ3n) is 8.93. The zero-order valence-corrected chi connectivity index (χ0v) is 26.4. The van der Waals surface area contributed by atoms with Crippen molar-refractivity contribution in [1.29, 1.82) is 0 Å². The van der Waals surface area contributed by atoms with E-state index >= 15 is 0 Å². The van der Waals surface area contributed by atoms with E-state index in [4.69, 9.17) is 23.7 Å². The smallest absolute Gasteiger partial charge is 0.169 e. The minimum Gasteiger partial charge on any atom is -0.504 e. The summed E-state index contributed by atoms with van der Waals surface area (Å²) in [5.41, 5.74) is 5.47. The lowest BCUT2D eigenvalue weighted by molar-refractivity contribution is 0.0819. The van der Waals surface area contributed by atoms with E-state index in [1.165, 1.54) is 5.56 Å². The molecule has 0 saturated heterocycles. The van der Waals surface area contributed by atoms with Gasteiger partial charge in [-0.2, -0.15) is 0 Å². The number of nitrogens with zero attached hydrogens (tertiary/aromatic N) is 2. The number of hydrogen-bond donors (Lipinski definition) is 2. The van der Waals surface area contributed by atoms with Gasteiger partial charge in [-0.1, -0.05) is 18.2 Å². The average Bonchev–Trinajstić information content (AvgIpc) is 3.05. The van der Waals surface area contributed by atoms with Crippen LogP contribution in [0.3, 0.4) is 0 Å². The lowest BCUT2D eigenvalue weighted by atomic mass is 9.88. The molecule has 2 atom stereocenters. The van der Waals surface area contributed by atoms with Gasteiger partial charge in [0.1, 0.15) is 18.2 Å². The molecule has 2 aliphatic rings. The molecule has 45 heavy (non-hydrogen) atoms. The maximum absolute atomic E-state index is 10.7. The van der Waals surface area contributed by atoms with E-state index in [2.05, 4.69) is 29.0 Å². The first kappa shape index (κ1) is 30.4. The lowest BCUT2D eigenvalue weighted by Gasteiger charge is -2.35. The molecule has 0 bridgehead atoms. The highest BCUT2D eigenvalue weighted by Gasteiger charge is 2.29. The van der Waals surface area contributed by atoms with E-state index in [0.717, 1.165) is 47.4 Å². The van der Waals surface area contributed by atoms with Crippen LogP contribution in [0.1, 0.15) is 39.9 Å². The molecule has 9 heteroatoms. The molecule has 0 aromatic heterocycles. The van der Waals surface area contributed by atoms with Crippen molar-refractivity contribution in [2.45, 2.75) is 31.3 Å². The van der Waals surface area contributed by atoms with E-state index in [9.17, 15) is 10.2 Å². The predicted molar refractivity (Wildman–Crippen MR) is 171 cm³/mol. The van der Waals surface area contributed by atoms with E-state index in [1.807, 2.05) is 55.6 Å². The van der Waals surface area contributed by atoms with E-state index in [1.54, 1.807) is 27.4 Å². The normalized spacial score (nSPS) is 18.0. The zero-order chi connectivity index (χ0) is 31.7. The van der Waals surface area contributed by atoms with Crippen molar-refractivity contribution in [3.63, 3.8) is 0 Å². The maximum Gasteiger partial charge on any atom is 0.169 e. The average molecular weight is 613 g/mol. The van der Waals surface area contributed by atoms with Crippen molar-refractivity contribution < 1.29 is 33.9 Å². The number of hydrogen-bond acceptors (Lipinski definition) is 9. The van der Waals surface area contributed by atoms with Crippen molar-refractivity contribution in [1.82, 2.24) is 9.80 Å². The Morgan fingerprint density at radius 2 is 1.36 bits per heavy atom. The molecule has 9 nitrogen and oxygen atoms in total. The second kappa shape index (κ2) is 12.8. The van der Waals surface area contributed by atoms with Crippen molar-refractivity contribution in [3.05, 3.63) is 94.5 Å². The Bertz CT molecular complexity index is 1670. The van der Waals surface area contributed by atoms with Gasteiger partial charge in [-0.05, 0) is 98.1 Å². The highest BCUT2D eigenvalue weighted by atomic mass is 16.5. The minimum absolute atomic E-state index is 0.0664. The molecule has 4 aromatic carbocycles. The molecule has 2 unspecified atom stereocenters. The molecule has 0 spiro atoms. The van der Waals surface area contributed by atoms with Crippen LogP contribution in [0.5, 0.6) is 46.0 Å². The lowest BCUT2D eigenvalue weighted by Crippen LogP contribution is -2.34. The molecule has 0 fully saturated rings. The first-order valence-electron chi connectivity index (χ1n) is 15.1. The number of likely N-dealkylation sites (N-methyl/N-ethyl adjacent to an activating group) is 2. The van der Waals surface area contributed by atoms with Gasteiger partial charge in [-0.3, -0.25) is 9.80 Å². The van der Waals surface area contributed by atoms with E-state index < -0.39 is 0 Å². The van der Waals surface area contributed by atoms with Gasteiger partial charge in [0.15, 0.2) is 34.5 Å². The summed E-state index contributed by atoms with van der Waals surface area (Å²) in [7, 11) is 8.96. The number of rotatable bonds is 9. The number of methoxy groups -OCH3 is 3. The topological polar surface area (TPSA) is 93.1 Å². The first-order chi connectivity index (χ1) is 21.8. The summed E-state index contributed by atoms with van der Waals surface area (Å²) in [6.45, 7) is 1.37. The summed E-state index contributed by atoms with van der Waals surface area (Å²) in [5.74, 6) is 3.85. The molecule has 0 aliphatic carbocycles. The second-order valence-electron chi connectivity index (χ2n) is 11.7. The van der Waals surface area contributed by atoms with Gasteiger partial charge in [0.2, 0.25) is 0 Å². The van der Waals surface area contributed by atoms with Crippen LogP contribution in [-0.2, 0) is 19.3 Å². The SMILES string of the molecule is COc1cc2c(cc1O)C(Cc1ccc(O)c(Oc3ccc(CC4c5cc(OC)c(OC)cc5OCN4C)cc3)c1)N(C)CC2. The Morgan fingerprint density at radius 3 is 2.09 bits per heavy atom. The summed E-state index contributed by atoms with van der Waals surface area (Å²) < 4.78 is 28.5. The first-order valence-corrected chi connectivity index (χ1v) is 15.1. The van der Waals surface area contributed by atoms with E-state index in [0.29, 0.717) is 41.9 Å². The van der Waals surface area contributed by atoms with Gasteiger partial charge < -0.3 is 33.9 Å². The summed E-state index contributed by atoms with van der Waals surface area (Å²) in [5, 5.41) is 21.1. The molecule has 2 N–H and O–H groups in total. The van der Waals surface area contributed by atoms with Crippen molar-refractivity contribution in [3.8, 4) is 46.0 Å². The standard InChI is InChI=1S/C36H40N2O7/c1-37-13-12-24-17-33(41-3)31(40)18-26(24)28(37)15-23-8-11-30(39)34(16-23)45-25-9-6-22(7-10-25)14-29-27-19-35(42-4)36(43-5)20-32(27)44-21-38(29)2/h6-11,16-20,28-29,39-40H,12-15,21H2,1-5H3. The molecule has 2 aliphatic heterocycles. The van der Waals surface area contributed by atoms with Crippen LogP contribution < -0.4 is 23.7 Å².